The van der Waals surface area contributed by atoms with Gasteiger partial charge in [-0.15, -0.1) is 0 Å². The molecular weight excluding hydrogens is 364 g/mol. The van der Waals surface area contributed by atoms with Gasteiger partial charge in [0.05, 0.1) is 35.3 Å². The van der Waals surface area contributed by atoms with Crippen LogP contribution in [0.2, 0.25) is 0 Å². The highest BCUT2D eigenvalue weighted by Gasteiger charge is 2.27. The molecule has 0 aliphatic carbocycles. The first kappa shape index (κ1) is 19.9. The van der Waals surface area contributed by atoms with Gasteiger partial charge in [0.1, 0.15) is 23.3 Å². The van der Waals surface area contributed by atoms with E-state index in [1.165, 1.54) is 30.5 Å². The van der Waals surface area contributed by atoms with Crippen molar-refractivity contribution in [1.29, 1.82) is 0 Å². The minimum Gasteiger partial charge on any atom is -0.508 e. The van der Waals surface area contributed by atoms with Gasteiger partial charge in [-0.1, -0.05) is 12.1 Å². The number of fused-ring (bicyclic) bond motifs is 1. The van der Waals surface area contributed by atoms with Crippen molar-refractivity contribution in [3.8, 4) is 22.6 Å². The van der Waals surface area contributed by atoms with E-state index in [0.717, 1.165) is 7.11 Å². The fourth-order valence-electron chi connectivity index (χ4n) is 3.33. The van der Waals surface area contributed by atoms with E-state index >= 15 is 0 Å². The number of phenols is 2. The van der Waals surface area contributed by atoms with Crippen LogP contribution in [0.5, 0.6) is 11.5 Å². The molecule has 2 aromatic carbocycles. The Bertz CT molecular complexity index is 1000. The average molecular weight is 386 g/mol. The van der Waals surface area contributed by atoms with Gasteiger partial charge in [-0.3, -0.25) is 4.79 Å². The molecule has 2 unspecified atom stereocenters. The number of hydrogen-bond donors (Lipinski definition) is 4. The summed E-state index contributed by atoms with van der Waals surface area (Å²) in [6.07, 6.45) is 1.48. The van der Waals surface area contributed by atoms with Crippen molar-refractivity contribution in [3.63, 3.8) is 0 Å². The van der Waals surface area contributed by atoms with Crippen molar-refractivity contribution in [2.45, 2.75) is 25.0 Å². The quantitative estimate of drug-likeness (QED) is 0.534. The normalized spacial score (nSPS) is 19.1. The largest absolute Gasteiger partial charge is 0.508 e. The molecule has 0 saturated carbocycles. The molecule has 7 nitrogen and oxygen atoms in total. The van der Waals surface area contributed by atoms with Crippen LogP contribution in [-0.2, 0) is 4.74 Å². The first-order valence-corrected chi connectivity index (χ1v) is 8.86. The van der Waals surface area contributed by atoms with Gasteiger partial charge in [0.15, 0.2) is 0 Å². The number of ether oxygens (including phenoxy) is 1. The molecule has 2 heterocycles. The first-order chi connectivity index (χ1) is 13.5. The van der Waals surface area contributed by atoms with Crippen LogP contribution >= 0.6 is 0 Å². The van der Waals surface area contributed by atoms with E-state index in [1.807, 2.05) is 0 Å². The number of aromatic hydroxyl groups is 2. The van der Waals surface area contributed by atoms with Gasteiger partial charge < -0.3 is 29.6 Å². The number of phenolic OH excluding ortho intramolecular Hbond substituents is 2. The highest BCUT2D eigenvalue weighted by atomic mass is 16.5. The Morgan fingerprint density at radius 3 is 2.36 bits per heavy atom. The Balaban J connectivity index is 0.00000109. The molecule has 148 valence electrons. The van der Waals surface area contributed by atoms with Gasteiger partial charge >= 0.3 is 0 Å². The molecule has 4 rings (SSSR count). The van der Waals surface area contributed by atoms with Crippen LogP contribution in [-0.4, -0.2) is 40.2 Å². The number of aliphatic hydroxyl groups excluding tert-OH is 2. The second-order valence-electron chi connectivity index (χ2n) is 6.45. The molecule has 2 atom stereocenters. The summed E-state index contributed by atoms with van der Waals surface area (Å²) in [5, 5.41) is 36.7. The molecule has 1 saturated heterocycles. The standard InChI is InChI=1S/C20H18O6.CH4O/c21-12-3-1-11(2-4-12)15-10-26-20-14(19(15)24)6-7-16(23)18(20)17-8-5-13(22)9-25-17;1-2/h1-4,6-7,10,13,17,21-23H,5,8-9H2;2H,1H3. The minimum atomic E-state index is -0.517. The summed E-state index contributed by atoms with van der Waals surface area (Å²) in [7, 11) is 1.00. The van der Waals surface area contributed by atoms with E-state index in [4.69, 9.17) is 14.3 Å². The third-order valence-corrected chi connectivity index (χ3v) is 4.71. The van der Waals surface area contributed by atoms with E-state index in [0.29, 0.717) is 40.5 Å². The van der Waals surface area contributed by atoms with Gasteiger partial charge in [0, 0.05) is 7.11 Å². The molecule has 28 heavy (non-hydrogen) atoms. The van der Waals surface area contributed by atoms with Crippen LogP contribution < -0.4 is 5.43 Å². The van der Waals surface area contributed by atoms with E-state index in [2.05, 4.69) is 0 Å². The van der Waals surface area contributed by atoms with Crippen LogP contribution in [0.3, 0.4) is 0 Å². The van der Waals surface area contributed by atoms with Crippen LogP contribution in [0, 0.1) is 0 Å². The number of aliphatic hydroxyl groups is 2. The molecule has 4 N–H and O–H groups in total. The van der Waals surface area contributed by atoms with Gasteiger partial charge in [-0.05, 0) is 42.7 Å². The lowest BCUT2D eigenvalue weighted by Crippen LogP contribution is -2.24. The van der Waals surface area contributed by atoms with E-state index in [-0.39, 0.29) is 23.5 Å². The zero-order chi connectivity index (χ0) is 20.3. The SMILES string of the molecule is CO.O=c1c(-c2ccc(O)cc2)coc2c(C3CCC(O)CO3)c(O)ccc12. The van der Waals surface area contributed by atoms with Crippen molar-refractivity contribution in [3.05, 3.63) is 58.4 Å². The van der Waals surface area contributed by atoms with Crippen molar-refractivity contribution in [1.82, 2.24) is 0 Å². The molecule has 7 heteroatoms. The number of hydrogen-bond acceptors (Lipinski definition) is 7. The van der Waals surface area contributed by atoms with E-state index < -0.39 is 12.2 Å². The molecule has 1 aliphatic rings. The van der Waals surface area contributed by atoms with E-state index in [1.54, 1.807) is 12.1 Å². The Morgan fingerprint density at radius 1 is 1.00 bits per heavy atom. The molecule has 3 aromatic rings. The molecule has 1 aromatic heterocycles. The summed E-state index contributed by atoms with van der Waals surface area (Å²) in [5.74, 6) is 0.113. The third kappa shape index (κ3) is 3.73. The third-order valence-electron chi connectivity index (χ3n) is 4.71. The Hall–Kier alpha value is -2.87. The van der Waals surface area contributed by atoms with Crippen LogP contribution in [0.25, 0.3) is 22.1 Å². The molecule has 0 spiro atoms. The highest BCUT2D eigenvalue weighted by Crippen LogP contribution is 2.38. The summed E-state index contributed by atoms with van der Waals surface area (Å²) in [4.78, 5) is 12.9. The fourth-order valence-corrected chi connectivity index (χ4v) is 3.33. The monoisotopic (exact) mass is 386 g/mol. The first-order valence-electron chi connectivity index (χ1n) is 8.86. The minimum absolute atomic E-state index is 0.000534. The summed E-state index contributed by atoms with van der Waals surface area (Å²) in [5.41, 5.74) is 1.50. The maximum atomic E-state index is 12.9. The van der Waals surface area contributed by atoms with E-state index in [9.17, 15) is 20.1 Å². The number of benzene rings is 2. The summed E-state index contributed by atoms with van der Waals surface area (Å²) in [6, 6.07) is 9.27. The summed E-state index contributed by atoms with van der Waals surface area (Å²) in [6.45, 7) is 0.177. The predicted octanol–water partition coefficient (Wildman–Crippen LogP) is 2.69. The van der Waals surface area contributed by atoms with Crippen molar-refractivity contribution < 1.29 is 29.6 Å². The average Bonchev–Trinajstić information content (AvgIpc) is 2.72. The molecule has 0 amide bonds. The van der Waals surface area contributed by atoms with Crippen LogP contribution in [0.15, 0.2) is 51.9 Å². The molecule has 1 fully saturated rings. The predicted molar refractivity (Wildman–Crippen MR) is 103 cm³/mol. The Labute approximate surface area is 161 Å². The molecule has 1 aliphatic heterocycles. The van der Waals surface area contributed by atoms with Crippen molar-refractivity contribution >= 4 is 11.0 Å². The van der Waals surface area contributed by atoms with Crippen LogP contribution in [0.4, 0.5) is 0 Å². The number of rotatable bonds is 2. The molecular formula is C21H22O7. The lowest BCUT2D eigenvalue weighted by molar-refractivity contribution is -0.0572. The van der Waals surface area contributed by atoms with Gasteiger partial charge in [-0.2, -0.15) is 0 Å². The maximum absolute atomic E-state index is 12.9. The second-order valence-corrected chi connectivity index (χ2v) is 6.45. The lowest BCUT2D eigenvalue weighted by Gasteiger charge is -2.27. The van der Waals surface area contributed by atoms with Crippen LogP contribution in [0.1, 0.15) is 24.5 Å². The van der Waals surface area contributed by atoms with Crippen molar-refractivity contribution in [2.75, 3.05) is 13.7 Å². The topological polar surface area (TPSA) is 120 Å². The molecule has 0 radical (unpaired) electrons. The lowest BCUT2D eigenvalue weighted by atomic mass is 9.96. The fraction of sp³-hybridized carbons (Fsp3) is 0.286. The summed E-state index contributed by atoms with van der Waals surface area (Å²) >= 11 is 0. The van der Waals surface area contributed by atoms with Gasteiger partial charge in [-0.25, -0.2) is 0 Å². The van der Waals surface area contributed by atoms with Crippen molar-refractivity contribution in [2.24, 2.45) is 0 Å². The Kier molecular flexibility index (Phi) is 5.99. The second kappa shape index (κ2) is 8.43. The zero-order valence-corrected chi connectivity index (χ0v) is 15.3. The smallest absolute Gasteiger partial charge is 0.200 e. The molecule has 0 bridgehead atoms. The van der Waals surface area contributed by atoms with Gasteiger partial charge in [0.2, 0.25) is 5.43 Å². The highest BCUT2D eigenvalue weighted by molar-refractivity contribution is 5.86. The maximum Gasteiger partial charge on any atom is 0.200 e. The summed E-state index contributed by atoms with van der Waals surface area (Å²) < 4.78 is 11.4. The van der Waals surface area contributed by atoms with Gasteiger partial charge in [0.25, 0.3) is 0 Å². The Morgan fingerprint density at radius 2 is 1.71 bits per heavy atom. The zero-order valence-electron chi connectivity index (χ0n) is 15.3.